The molecule has 92 valence electrons. The molecule has 0 aliphatic heterocycles. The number of hydrogen-bond acceptors (Lipinski definition) is 4. The molecule has 0 amide bonds. The molecule has 0 saturated heterocycles. The lowest BCUT2D eigenvalue weighted by atomic mass is 10.3. The highest BCUT2D eigenvalue weighted by molar-refractivity contribution is 7.90. The third-order valence-corrected chi connectivity index (χ3v) is 2.92. The number of nitrogens with one attached hydrogen (secondary N) is 2. The van der Waals surface area contributed by atoms with Crippen molar-refractivity contribution in [2.24, 2.45) is 0 Å². The Bertz CT molecular complexity index is 491. The van der Waals surface area contributed by atoms with Gasteiger partial charge in [0.25, 0.3) is 10.2 Å². The highest BCUT2D eigenvalue weighted by Gasteiger charge is 2.07. The SMILES string of the molecule is CCNS(=O)(=O)Nc1ccc(OCC#N)cc1. The van der Waals surface area contributed by atoms with Crippen LogP contribution >= 0.6 is 0 Å². The molecule has 1 aromatic rings. The summed E-state index contributed by atoms with van der Waals surface area (Å²) in [7, 11) is -3.51. The van der Waals surface area contributed by atoms with Crippen LogP contribution in [0.2, 0.25) is 0 Å². The van der Waals surface area contributed by atoms with Gasteiger partial charge in [-0.2, -0.15) is 18.4 Å². The molecule has 7 heteroatoms. The molecule has 2 N–H and O–H groups in total. The minimum absolute atomic E-state index is 0.0392. The van der Waals surface area contributed by atoms with E-state index in [-0.39, 0.29) is 6.61 Å². The lowest BCUT2D eigenvalue weighted by Crippen LogP contribution is -2.29. The summed E-state index contributed by atoms with van der Waals surface area (Å²) in [5.74, 6) is 0.512. The lowest BCUT2D eigenvalue weighted by Gasteiger charge is -2.08. The van der Waals surface area contributed by atoms with Gasteiger partial charge in [0, 0.05) is 12.2 Å². The molecule has 0 unspecified atom stereocenters. The summed E-state index contributed by atoms with van der Waals surface area (Å²) in [5, 5.41) is 8.32. The summed E-state index contributed by atoms with van der Waals surface area (Å²) in [6.07, 6.45) is 0. The van der Waals surface area contributed by atoms with E-state index in [1.807, 2.05) is 6.07 Å². The molecule has 0 spiro atoms. The smallest absolute Gasteiger partial charge is 0.299 e. The highest BCUT2D eigenvalue weighted by atomic mass is 32.2. The Balaban J connectivity index is 2.66. The van der Waals surface area contributed by atoms with Gasteiger partial charge in [0.1, 0.15) is 11.8 Å². The van der Waals surface area contributed by atoms with Gasteiger partial charge in [-0.15, -0.1) is 0 Å². The fourth-order valence-electron chi connectivity index (χ4n) is 1.12. The van der Waals surface area contributed by atoms with Crippen LogP contribution in [0, 0.1) is 11.3 Å². The minimum atomic E-state index is -3.51. The van der Waals surface area contributed by atoms with Gasteiger partial charge in [-0.1, -0.05) is 6.92 Å². The molecule has 0 aliphatic rings. The topological polar surface area (TPSA) is 91.2 Å². The molecule has 1 aromatic carbocycles. The van der Waals surface area contributed by atoms with Crippen molar-refractivity contribution in [1.29, 1.82) is 5.26 Å². The van der Waals surface area contributed by atoms with E-state index in [1.54, 1.807) is 31.2 Å². The van der Waals surface area contributed by atoms with Gasteiger partial charge < -0.3 is 4.74 Å². The molecule has 0 radical (unpaired) electrons. The van der Waals surface area contributed by atoms with E-state index < -0.39 is 10.2 Å². The van der Waals surface area contributed by atoms with Crippen molar-refractivity contribution in [2.75, 3.05) is 17.9 Å². The zero-order valence-electron chi connectivity index (χ0n) is 9.30. The van der Waals surface area contributed by atoms with Crippen molar-refractivity contribution < 1.29 is 13.2 Å². The first-order valence-electron chi connectivity index (χ1n) is 4.94. The number of hydrogen-bond donors (Lipinski definition) is 2. The predicted octanol–water partition coefficient (Wildman–Crippen LogP) is 0.855. The Morgan fingerprint density at radius 1 is 1.35 bits per heavy atom. The van der Waals surface area contributed by atoms with E-state index in [2.05, 4.69) is 9.44 Å². The summed E-state index contributed by atoms with van der Waals surface area (Å²) in [6, 6.07) is 8.13. The summed E-state index contributed by atoms with van der Waals surface area (Å²) in [6.45, 7) is 1.97. The Morgan fingerprint density at radius 3 is 2.53 bits per heavy atom. The van der Waals surface area contributed by atoms with Gasteiger partial charge in [-0.3, -0.25) is 4.72 Å². The number of rotatable bonds is 6. The van der Waals surface area contributed by atoms with Crippen LogP contribution in [0.1, 0.15) is 6.92 Å². The third-order valence-electron chi connectivity index (χ3n) is 1.74. The highest BCUT2D eigenvalue weighted by Crippen LogP contribution is 2.16. The molecule has 0 atom stereocenters. The van der Waals surface area contributed by atoms with E-state index >= 15 is 0 Å². The first kappa shape index (κ1) is 13.3. The second-order valence-electron chi connectivity index (χ2n) is 3.07. The van der Waals surface area contributed by atoms with Gasteiger partial charge in [-0.05, 0) is 24.3 Å². The van der Waals surface area contributed by atoms with Crippen LogP contribution in [0.4, 0.5) is 5.69 Å². The quantitative estimate of drug-likeness (QED) is 0.788. The van der Waals surface area contributed by atoms with Crippen molar-refractivity contribution >= 4 is 15.9 Å². The van der Waals surface area contributed by atoms with E-state index in [4.69, 9.17) is 10.00 Å². The molecule has 0 heterocycles. The van der Waals surface area contributed by atoms with E-state index in [1.165, 1.54) is 0 Å². The normalized spacial score (nSPS) is 10.6. The molecule has 0 saturated carbocycles. The number of anilines is 1. The Kier molecular flexibility index (Phi) is 4.75. The maximum absolute atomic E-state index is 11.4. The fraction of sp³-hybridized carbons (Fsp3) is 0.300. The second kappa shape index (κ2) is 6.08. The number of nitrogens with zero attached hydrogens (tertiary/aromatic N) is 1. The lowest BCUT2D eigenvalue weighted by molar-refractivity contribution is 0.368. The van der Waals surface area contributed by atoms with Crippen LogP contribution in [0.3, 0.4) is 0 Å². The molecule has 0 fully saturated rings. The van der Waals surface area contributed by atoms with Crippen LogP contribution in [-0.2, 0) is 10.2 Å². The van der Waals surface area contributed by atoms with Gasteiger partial charge in [0.2, 0.25) is 0 Å². The molecule has 17 heavy (non-hydrogen) atoms. The largest absolute Gasteiger partial charge is 0.479 e. The monoisotopic (exact) mass is 255 g/mol. The Morgan fingerprint density at radius 2 is 2.00 bits per heavy atom. The molecule has 0 bridgehead atoms. The van der Waals surface area contributed by atoms with Crippen LogP contribution in [-0.4, -0.2) is 21.6 Å². The maximum atomic E-state index is 11.4. The minimum Gasteiger partial charge on any atom is -0.479 e. The van der Waals surface area contributed by atoms with Gasteiger partial charge >= 0.3 is 0 Å². The molecular weight excluding hydrogens is 242 g/mol. The van der Waals surface area contributed by atoms with E-state index in [0.717, 1.165) is 0 Å². The average molecular weight is 255 g/mol. The van der Waals surface area contributed by atoms with E-state index in [9.17, 15) is 8.42 Å². The van der Waals surface area contributed by atoms with Crippen molar-refractivity contribution in [3.8, 4) is 11.8 Å². The van der Waals surface area contributed by atoms with Crippen LogP contribution < -0.4 is 14.2 Å². The maximum Gasteiger partial charge on any atom is 0.299 e. The Hall–Kier alpha value is -1.78. The van der Waals surface area contributed by atoms with Gasteiger partial charge in [0.05, 0.1) is 0 Å². The van der Waals surface area contributed by atoms with Crippen molar-refractivity contribution in [3.63, 3.8) is 0 Å². The molecule has 6 nitrogen and oxygen atoms in total. The fourth-order valence-corrected chi connectivity index (χ4v) is 2.01. The van der Waals surface area contributed by atoms with Crippen LogP contribution in [0.5, 0.6) is 5.75 Å². The van der Waals surface area contributed by atoms with Gasteiger partial charge in [-0.25, -0.2) is 0 Å². The van der Waals surface area contributed by atoms with Crippen molar-refractivity contribution in [3.05, 3.63) is 24.3 Å². The Labute approximate surface area is 100 Å². The average Bonchev–Trinajstić information content (AvgIpc) is 2.27. The third kappa shape index (κ3) is 4.72. The standard InChI is InChI=1S/C10H13N3O3S/c1-2-12-17(14,15)13-9-3-5-10(6-4-9)16-8-7-11/h3-6,12-13H,2,8H2,1H3. The predicted molar refractivity (Wildman–Crippen MR) is 63.8 cm³/mol. The second-order valence-corrected chi connectivity index (χ2v) is 4.57. The number of benzene rings is 1. The zero-order valence-corrected chi connectivity index (χ0v) is 10.1. The molecule has 1 rings (SSSR count). The zero-order chi connectivity index (χ0) is 12.7. The van der Waals surface area contributed by atoms with Crippen molar-refractivity contribution in [1.82, 2.24) is 4.72 Å². The van der Waals surface area contributed by atoms with Crippen LogP contribution in [0.15, 0.2) is 24.3 Å². The summed E-state index contributed by atoms with van der Waals surface area (Å²) >= 11 is 0. The summed E-state index contributed by atoms with van der Waals surface area (Å²) in [5.41, 5.74) is 0.426. The molecule has 0 aromatic heterocycles. The van der Waals surface area contributed by atoms with Crippen LogP contribution in [0.25, 0.3) is 0 Å². The molecular formula is C10H13N3O3S. The number of nitriles is 1. The van der Waals surface area contributed by atoms with Crippen molar-refractivity contribution in [2.45, 2.75) is 6.92 Å². The first-order chi connectivity index (χ1) is 8.07. The summed E-state index contributed by atoms with van der Waals surface area (Å²) in [4.78, 5) is 0. The first-order valence-corrected chi connectivity index (χ1v) is 6.43. The molecule has 0 aliphatic carbocycles. The summed E-state index contributed by atoms with van der Waals surface area (Å²) < 4.78 is 32.4. The van der Waals surface area contributed by atoms with Gasteiger partial charge in [0.15, 0.2) is 6.61 Å². The van der Waals surface area contributed by atoms with E-state index in [0.29, 0.717) is 18.0 Å². The number of ether oxygens (including phenoxy) is 1.